The van der Waals surface area contributed by atoms with E-state index in [9.17, 15) is 43.9 Å². The number of hydrogen-bond donors (Lipinski definition) is 0. The van der Waals surface area contributed by atoms with E-state index in [1.54, 1.807) is 0 Å². The summed E-state index contributed by atoms with van der Waals surface area (Å²) >= 11 is 1.97. The molecule has 0 fully saturated rings. The Morgan fingerprint density at radius 3 is 1.28 bits per heavy atom. The minimum Gasteiger partial charge on any atom is -0.216 e. The molecular formula is C6Br2F10. The second-order valence-electron chi connectivity index (χ2n) is 2.80. The Balaban J connectivity index is 5.88. The molecule has 0 N–H and O–H groups in total. The quantitative estimate of drug-likeness (QED) is 0.422. The van der Waals surface area contributed by atoms with Crippen LogP contribution in [0.2, 0.25) is 0 Å². The number of alkyl halides is 9. The van der Waals surface area contributed by atoms with Crippen LogP contribution in [-0.4, -0.2) is 21.3 Å². The summed E-state index contributed by atoms with van der Waals surface area (Å²) in [7, 11) is 0. The van der Waals surface area contributed by atoms with E-state index in [0.29, 0.717) is 0 Å². The Hall–Kier alpha value is -0.000000000000000333. The number of rotatable bonds is 4. The van der Waals surface area contributed by atoms with Gasteiger partial charge in [0.1, 0.15) is 0 Å². The van der Waals surface area contributed by atoms with E-state index in [4.69, 9.17) is 0 Å². The molecule has 0 aromatic rings. The molecule has 1 unspecified atom stereocenters. The summed E-state index contributed by atoms with van der Waals surface area (Å²) in [5, 5.41) is 0. The molecule has 1 atom stereocenters. The Labute approximate surface area is 109 Å². The SMILES string of the molecule is FC(F)=C(F)C(F)(F)C(F)(F)C(F)(Br)C(F)(F)Br. The van der Waals surface area contributed by atoms with Crippen molar-refractivity contribution in [1.29, 1.82) is 0 Å². The Bertz CT molecular complexity index is 350. The van der Waals surface area contributed by atoms with Crippen LogP contribution in [-0.2, 0) is 0 Å². The maximum Gasteiger partial charge on any atom is 0.370 e. The monoisotopic (exact) mass is 420 g/mol. The van der Waals surface area contributed by atoms with Crippen molar-refractivity contribution in [2.24, 2.45) is 0 Å². The van der Waals surface area contributed by atoms with Crippen molar-refractivity contribution in [3.63, 3.8) is 0 Å². The Morgan fingerprint density at radius 1 is 0.722 bits per heavy atom. The molecule has 0 amide bonds. The fraction of sp³-hybridized carbons (Fsp3) is 0.667. The summed E-state index contributed by atoms with van der Waals surface area (Å²) in [6, 6.07) is 0. The van der Waals surface area contributed by atoms with Crippen molar-refractivity contribution >= 4 is 31.9 Å². The lowest BCUT2D eigenvalue weighted by molar-refractivity contribution is -0.261. The van der Waals surface area contributed by atoms with Gasteiger partial charge in [0.15, 0.2) is 0 Å². The van der Waals surface area contributed by atoms with E-state index < -0.39 is 33.2 Å². The molecule has 0 heterocycles. The third-order valence-corrected chi connectivity index (χ3v) is 3.66. The number of allylic oxidation sites excluding steroid dienone is 1. The van der Waals surface area contributed by atoms with Crippen molar-refractivity contribution in [3.05, 3.63) is 11.9 Å². The zero-order valence-electron chi connectivity index (χ0n) is 7.54. The van der Waals surface area contributed by atoms with Crippen molar-refractivity contribution < 1.29 is 43.9 Å². The van der Waals surface area contributed by atoms with Gasteiger partial charge in [0, 0.05) is 0 Å². The van der Waals surface area contributed by atoms with Crippen molar-refractivity contribution in [3.8, 4) is 0 Å². The van der Waals surface area contributed by atoms with E-state index in [-0.39, 0.29) is 0 Å². The van der Waals surface area contributed by atoms with Gasteiger partial charge < -0.3 is 0 Å². The summed E-state index contributed by atoms with van der Waals surface area (Å²) in [5.74, 6) is -17.0. The lowest BCUT2D eigenvalue weighted by Crippen LogP contribution is -2.59. The van der Waals surface area contributed by atoms with Crippen molar-refractivity contribution in [2.75, 3.05) is 0 Å². The molecule has 0 rings (SSSR count). The average Bonchev–Trinajstić information content (AvgIpc) is 2.13. The maximum atomic E-state index is 13.0. The van der Waals surface area contributed by atoms with Gasteiger partial charge in [-0.15, -0.1) is 0 Å². The van der Waals surface area contributed by atoms with Gasteiger partial charge in [-0.3, -0.25) is 0 Å². The summed E-state index contributed by atoms with van der Waals surface area (Å²) in [6.07, 6.45) is -3.89. The van der Waals surface area contributed by atoms with E-state index in [2.05, 4.69) is 0 Å². The van der Waals surface area contributed by atoms with E-state index in [1.165, 1.54) is 0 Å². The van der Waals surface area contributed by atoms with Gasteiger partial charge >= 0.3 is 27.3 Å². The highest BCUT2D eigenvalue weighted by Gasteiger charge is 2.79. The van der Waals surface area contributed by atoms with Gasteiger partial charge in [-0.2, -0.15) is 39.5 Å². The second kappa shape index (κ2) is 4.84. The average molecular weight is 422 g/mol. The lowest BCUT2D eigenvalue weighted by atomic mass is 10.1. The van der Waals surface area contributed by atoms with E-state index in [1.807, 2.05) is 0 Å². The standard InChI is InChI=1S/C6Br2F10/c7-4(14,6(8,17)18)5(15,16)3(12,13)1(9)2(10)11. The third-order valence-electron chi connectivity index (χ3n) is 1.59. The molecule has 0 aliphatic rings. The fourth-order valence-corrected chi connectivity index (χ4v) is 1.13. The molecule has 0 aliphatic carbocycles. The molecule has 0 aromatic heterocycles. The minimum atomic E-state index is -6.51. The molecule has 0 spiro atoms. The molecule has 0 saturated heterocycles. The minimum absolute atomic E-state index is 0.950. The van der Waals surface area contributed by atoms with Crippen LogP contribution in [0.4, 0.5) is 43.9 Å². The molecule has 108 valence electrons. The zero-order valence-corrected chi connectivity index (χ0v) is 10.7. The largest absolute Gasteiger partial charge is 0.370 e. The molecular weight excluding hydrogens is 422 g/mol. The van der Waals surface area contributed by atoms with Crippen molar-refractivity contribution in [1.82, 2.24) is 0 Å². The highest BCUT2D eigenvalue weighted by atomic mass is 79.9. The molecule has 0 bridgehead atoms. The lowest BCUT2D eigenvalue weighted by Gasteiger charge is -2.35. The molecule has 0 aliphatic heterocycles. The van der Waals surface area contributed by atoms with Crippen LogP contribution in [0.3, 0.4) is 0 Å². The van der Waals surface area contributed by atoms with Crippen LogP contribution in [0.1, 0.15) is 0 Å². The first-order valence-corrected chi connectivity index (χ1v) is 5.10. The second-order valence-corrected chi connectivity index (χ2v) is 4.88. The van der Waals surface area contributed by atoms with Gasteiger partial charge in [0.25, 0.3) is 0 Å². The summed E-state index contributed by atoms with van der Waals surface area (Å²) in [6.45, 7) is 0. The highest BCUT2D eigenvalue weighted by Crippen LogP contribution is 2.59. The van der Waals surface area contributed by atoms with Crippen LogP contribution in [0.5, 0.6) is 0 Å². The molecule has 18 heavy (non-hydrogen) atoms. The molecule has 0 saturated carbocycles. The Morgan fingerprint density at radius 2 is 1.06 bits per heavy atom. The van der Waals surface area contributed by atoms with Crippen molar-refractivity contribution in [2.45, 2.75) is 21.3 Å². The topological polar surface area (TPSA) is 0 Å². The van der Waals surface area contributed by atoms with Gasteiger partial charge in [-0.25, -0.2) is 4.39 Å². The van der Waals surface area contributed by atoms with Gasteiger partial charge in [-0.05, 0) is 31.9 Å². The Kier molecular flexibility index (Phi) is 4.84. The third kappa shape index (κ3) is 2.63. The molecule has 0 radical (unpaired) electrons. The maximum absolute atomic E-state index is 13.0. The first-order chi connectivity index (χ1) is 7.60. The molecule has 0 nitrogen and oxygen atoms in total. The van der Waals surface area contributed by atoms with Crippen LogP contribution in [0, 0.1) is 0 Å². The van der Waals surface area contributed by atoms with Gasteiger partial charge in [0.2, 0.25) is 5.83 Å². The number of hydrogen-bond acceptors (Lipinski definition) is 0. The zero-order chi connectivity index (χ0) is 15.2. The predicted octanol–water partition coefficient (Wildman–Crippen LogP) is 5.38. The summed E-state index contributed by atoms with van der Waals surface area (Å²) in [4.78, 5) is -5.29. The highest BCUT2D eigenvalue weighted by molar-refractivity contribution is 9.12. The van der Waals surface area contributed by atoms with E-state index in [0.717, 1.165) is 31.9 Å². The normalized spacial score (nSPS) is 17.3. The first-order valence-electron chi connectivity index (χ1n) is 3.52. The summed E-state index contributed by atoms with van der Waals surface area (Å²) < 4.78 is 118. The van der Waals surface area contributed by atoms with Gasteiger partial charge in [-0.1, -0.05) is 0 Å². The van der Waals surface area contributed by atoms with Crippen LogP contribution in [0.15, 0.2) is 11.9 Å². The smallest absolute Gasteiger partial charge is 0.216 e. The first kappa shape index (κ1) is 18.0. The van der Waals surface area contributed by atoms with Crippen LogP contribution >= 0.6 is 31.9 Å². The van der Waals surface area contributed by atoms with Gasteiger partial charge in [0.05, 0.1) is 0 Å². The van der Waals surface area contributed by atoms with Crippen LogP contribution in [0.25, 0.3) is 0 Å². The fourth-order valence-electron chi connectivity index (χ4n) is 0.632. The van der Waals surface area contributed by atoms with Crippen LogP contribution < -0.4 is 0 Å². The molecule has 12 heteroatoms. The summed E-state index contributed by atoms with van der Waals surface area (Å²) in [5.41, 5.74) is 0. The van der Waals surface area contributed by atoms with E-state index >= 15 is 0 Å². The predicted molar refractivity (Wildman–Crippen MR) is 46.9 cm³/mol. The number of halogens is 12. The molecule has 0 aromatic carbocycles.